The summed E-state index contributed by atoms with van der Waals surface area (Å²) in [7, 11) is 1.59. The van der Waals surface area contributed by atoms with Crippen molar-refractivity contribution in [2.45, 2.75) is 12.3 Å². The topological polar surface area (TPSA) is 43.4 Å². The maximum absolute atomic E-state index is 13.2. The van der Waals surface area contributed by atoms with Crippen molar-refractivity contribution < 1.29 is 14.3 Å². The van der Waals surface area contributed by atoms with Crippen LogP contribution in [0.15, 0.2) is 72.8 Å². The number of methoxy groups -OCH3 is 1. The summed E-state index contributed by atoms with van der Waals surface area (Å²) in [6.07, 6.45) is 1.47. The van der Waals surface area contributed by atoms with Crippen LogP contribution in [0.3, 0.4) is 0 Å². The van der Waals surface area contributed by atoms with Crippen LogP contribution in [-0.2, 0) is 15.0 Å². The van der Waals surface area contributed by atoms with Crippen LogP contribution >= 0.6 is 0 Å². The molecule has 0 heterocycles. The minimum Gasteiger partial charge on any atom is -0.497 e. The van der Waals surface area contributed by atoms with Crippen molar-refractivity contribution in [2.24, 2.45) is 0 Å². The zero-order chi connectivity index (χ0) is 18.3. The number of ether oxygens (including phenoxy) is 1. The molecule has 0 fully saturated rings. The van der Waals surface area contributed by atoms with Crippen LogP contribution in [0.4, 0.5) is 0 Å². The summed E-state index contributed by atoms with van der Waals surface area (Å²) in [4.78, 5) is 26.0. The first-order valence-corrected chi connectivity index (χ1v) is 8.48. The number of rotatable bonds is 3. The molecule has 3 nitrogen and oxygen atoms in total. The van der Waals surface area contributed by atoms with Crippen molar-refractivity contribution in [3.05, 3.63) is 83.9 Å². The van der Waals surface area contributed by atoms with Gasteiger partial charge in [-0.25, -0.2) is 0 Å². The molecule has 3 heteroatoms. The highest BCUT2D eigenvalue weighted by Crippen LogP contribution is 2.39. The van der Waals surface area contributed by atoms with Crippen molar-refractivity contribution in [3.63, 3.8) is 0 Å². The van der Waals surface area contributed by atoms with Gasteiger partial charge in [-0.15, -0.1) is 0 Å². The number of benzene rings is 3. The Bertz CT molecular complexity index is 1060. The van der Waals surface area contributed by atoms with E-state index in [-0.39, 0.29) is 11.6 Å². The lowest BCUT2D eigenvalue weighted by molar-refractivity contribution is -0.127. The van der Waals surface area contributed by atoms with Gasteiger partial charge < -0.3 is 4.74 Å². The number of hydrogen-bond donors (Lipinski definition) is 0. The molecule has 3 aromatic carbocycles. The number of ketones is 2. The average Bonchev–Trinajstić information content (AvgIpc) is 2.92. The highest BCUT2D eigenvalue weighted by atomic mass is 16.5. The zero-order valence-corrected chi connectivity index (χ0v) is 14.7. The molecule has 128 valence electrons. The molecule has 0 aliphatic heterocycles. The molecule has 0 unspecified atom stereocenters. The van der Waals surface area contributed by atoms with Gasteiger partial charge in [0.1, 0.15) is 11.2 Å². The van der Waals surface area contributed by atoms with Crippen LogP contribution in [0.5, 0.6) is 5.75 Å². The molecular formula is C23H18O3. The van der Waals surface area contributed by atoms with Gasteiger partial charge in [0.05, 0.1) is 7.11 Å². The predicted molar refractivity (Wildman–Crippen MR) is 102 cm³/mol. The molecule has 0 amide bonds. The first-order chi connectivity index (χ1) is 12.5. The Labute approximate surface area is 151 Å². The Morgan fingerprint density at radius 2 is 1.54 bits per heavy atom. The highest BCUT2D eigenvalue weighted by Gasteiger charge is 2.47. The summed E-state index contributed by atoms with van der Waals surface area (Å²) >= 11 is 0. The standard InChI is InChI=1S/C23H18O3/c1-23(18-10-7-15-5-3-4-6-17(15)13-18)21(24)14-20(22(23)25)16-8-11-19(26-2)12-9-16/h3-14H,1-2H3/t23-/m0/s1. The number of carbonyl (C=O) groups excluding carboxylic acids is 2. The molecule has 1 aliphatic carbocycles. The van der Waals surface area contributed by atoms with Crippen LogP contribution < -0.4 is 4.74 Å². The van der Waals surface area contributed by atoms with E-state index in [1.54, 1.807) is 26.2 Å². The lowest BCUT2D eigenvalue weighted by atomic mass is 9.76. The van der Waals surface area contributed by atoms with E-state index in [1.807, 2.05) is 54.6 Å². The second-order valence-corrected chi connectivity index (χ2v) is 6.67. The maximum Gasteiger partial charge on any atom is 0.181 e. The smallest absolute Gasteiger partial charge is 0.181 e. The third-order valence-corrected chi connectivity index (χ3v) is 5.19. The predicted octanol–water partition coefficient (Wildman–Crippen LogP) is 4.34. The van der Waals surface area contributed by atoms with Gasteiger partial charge in [-0.1, -0.05) is 48.5 Å². The van der Waals surface area contributed by atoms with Gasteiger partial charge in [0, 0.05) is 5.57 Å². The molecule has 0 spiro atoms. The fourth-order valence-electron chi connectivity index (χ4n) is 3.48. The van der Waals surface area contributed by atoms with Crippen molar-refractivity contribution >= 4 is 27.9 Å². The van der Waals surface area contributed by atoms with Gasteiger partial charge in [0.15, 0.2) is 11.6 Å². The van der Waals surface area contributed by atoms with Crippen molar-refractivity contribution in [2.75, 3.05) is 7.11 Å². The fraction of sp³-hybridized carbons (Fsp3) is 0.130. The molecule has 0 aromatic heterocycles. The van der Waals surface area contributed by atoms with Gasteiger partial charge in [0.25, 0.3) is 0 Å². The van der Waals surface area contributed by atoms with E-state index in [4.69, 9.17) is 4.74 Å². The summed E-state index contributed by atoms with van der Waals surface area (Å²) in [5.41, 5.74) is 0.729. The molecule has 3 aromatic rings. The summed E-state index contributed by atoms with van der Waals surface area (Å²) in [5, 5.41) is 2.10. The highest BCUT2D eigenvalue weighted by molar-refractivity contribution is 6.42. The first-order valence-electron chi connectivity index (χ1n) is 8.48. The van der Waals surface area contributed by atoms with Gasteiger partial charge in [-0.3, -0.25) is 9.59 Å². The minimum atomic E-state index is -1.18. The number of allylic oxidation sites excluding steroid dienone is 2. The summed E-state index contributed by atoms with van der Waals surface area (Å²) in [6.45, 7) is 1.72. The Balaban J connectivity index is 1.76. The van der Waals surface area contributed by atoms with E-state index in [2.05, 4.69) is 0 Å². The van der Waals surface area contributed by atoms with Crippen LogP contribution in [0.1, 0.15) is 18.1 Å². The van der Waals surface area contributed by atoms with Gasteiger partial charge >= 0.3 is 0 Å². The number of fused-ring (bicyclic) bond motifs is 1. The molecule has 0 bridgehead atoms. The Hall–Kier alpha value is -3.20. The van der Waals surface area contributed by atoms with Gasteiger partial charge in [0.2, 0.25) is 0 Å². The molecular weight excluding hydrogens is 324 g/mol. The third kappa shape index (κ3) is 2.36. The molecule has 4 rings (SSSR count). The summed E-state index contributed by atoms with van der Waals surface area (Å²) < 4.78 is 5.16. The fourth-order valence-corrected chi connectivity index (χ4v) is 3.48. The van der Waals surface area contributed by atoms with E-state index in [1.165, 1.54) is 6.08 Å². The molecule has 0 N–H and O–H groups in total. The monoisotopic (exact) mass is 342 g/mol. The van der Waals surface area contributed by atoms with E-state index in [0.29, 0.717) is 11.3 Å². The van der Waals surface area contributed by atoms with Crippen molar-refractivity contribution in [3.8, 4) is 5.75 Å². The quantitative estimate of drug-likeness (QED) is 0.665. The summed E-state index contributed by atoms with van der Waals surface area (Å²) in [6, 6.07) is 20.9. The molecule has 26 heavy (non-hydrogen) atoms. The van der Waals surface area contributed by atoms with Crippen LogP contribution in [-0.4, -0.2) is 18.7 Å². The zero-order valence-electron chi connectivity index (χ0n) is 14.7. The average molecular weight is 342 g/mol. The number of Topliss-reactive ketones (excluding diaryl/α,β-unsaturated/α-hetero) is 1. The third-order valence-electron chi connectivity index (χ3n) is 5.19. The lowest BCUT2D eigenvalue weighted by Gasteiger charge is -2.22. The van der Waals surface area contributed by atoms with E-state index >= 15 is 0 Å². The van der Waals surface area contributed by atoms with Crippen molar-refractivity contribution in [1.29, 1.82) is 0 Å². The first kappa shape index (κ1) is 16.3. The Kier molecular flexibility index (Phi) is 3.73. The second-order valence-electron chi connectivity index (χ2n) is 6.67. The number of hydrogen-bond acceptors (Lipinski definition) is 3. The van der Waals surface area contributed by atoms with E-state index < -0.39 is 5.41 Å². The van der Waals surface area contributed by atoms with Crippen LogP contribution in [0.2, 0.25) is 0 Å². The molecule has 1 atom stereocenters. The van der Waals surface area contributed by atoms with E-state index in [0.717, 1.165) is 21.9 Å². The summed E-state index contributed by atoms with van der Waals surface area (Å²) in [5.74, 6) is 0.370. The SMILES string of the molecule is COc1ccc(C2=CC(=O)[C@](C)(c3ccc4ccccc4c3)C2=O)cc1. The normalized spacial score (nSPS) is 19.7. The molecule has 0 saturated heterocycles. The Morgan fingerprint density at radius 1 is 0.846 bits per heavy atom. The molecule has 1 aliphatic rings. The maximum atomic E-state index is 13.2. The van der Waals surface area contributed by atoms with Crippen LogP contribution in [0, 0.1) is 0 Å². The van der Waals surface area contributed by atoms with E-state index in [9.17, 15) is 9.59 Å². The minimum absolute atomic E-state index is 0.164. The molecule has 0 radical (unpaired) electrons. The van der Waals surface area contributed by atoms with Crippen LogP contribution in [0.25, 0.3) is 16.3 Å². The largest absolute Gasteiger partial charge is 0.497 e. The van der Waals surface area contributed by atoms with Gasteiger partial charge in [-0.05, 0) is 53.1 Å². The van der Waals surface area contributed by atoms with Crippen molar-refractivity contribution in [1.82, 2.24) is 0 Å². The number of carbonyl (C=O) groups is 2. The van der Waals surface area contributed by atoms with Gasteiger partial charge in [-0.2, -0.15) is 0 Å². The Morgan fingerprint density at radius 3 is 2.23 bits per heavy atom. The molecule has 0 saturated carbocycles. The second kappa shape index (κ2) is 5.95. The lowest BCUT2D eigenvalue weighted by Crippen LogP contribution is -2.35.